The zero-order chi connectivity index (χ0) is 26.1. The molecule has 0 saturated carbocycles. The lowest BCUT2D eigenvalue weighted by Gasteiger charge is -2.39. The first-order valence-corrected chi connectivity index (χ1v) is 12.7. The molecule has 0 spiro atoms. The molecule has 1 amide bonds. The van der Waals surface area contributed by atoms with Crippen molar-refractivity contribution in [2.45, 2.75) is 37.7 Å². The number of halogens is 1. The average Bonchev–Trinajstić information content (AvgIpc) is 2.78. The Kier molecular flexibility index (Phi) is 6.73. The van der Waals surface area contributed by atoms with E-state index < -0.39 is 38.8 Å². The lowest BCUT2D eigenvalue weighted by atomic mass is 9.95. The Hall–Kier alpha value is -3.92. The molecule has 8 nitrogen and oxygen atoms in total. The fourth-order valence-corrected chi connectivity index (χ4v) is 6.04. The highest BCUT2D eigenvalue weighted by Crippen LogP contribution is 2.39. The lowest BCUT2D eigenvalue weighted by Crippen LogP contribution is -2.53. The van der Waals surface area contributed by atoms with Crippen molar-refractivity contribution in [3.63, 3.8) is 0 Å². The molecule has 10 heteroatoms. The summed E-state index contributed by atoms with van der Waals surface area (Å²) in [4.78, 5) is 15.3. The maximum atomic E-state index is 14.1. The minimum Gasteiger partial charge on any atom is -0.457 e. The van der Waals surface area contributed by atoms with E-state index in [9.17, 15) is 17.6 Å². The first-order valence-electron chi connectivity index (χ1n) is 11.2. The second-order valence-electron chi connectivity index (χ2n) is 8.94. The van der Waals surface area contributed by atoms with Crippen LogP contribution in [-0.2, 0) is 14.8 Å². The summed E-state index contributed by atoms with van der Waals surface area (Å²) in [7, 11) is -3.94. The Balaban J connectivity index is 1.59. The van der Waals surface area contributed by atoms with E-state index in [2.05, 4.69) is 9.71 Å². The van der Waals surface area contributed by atoms with Crippen molar-refractivity contribution in [1.82, 2.24) is 4.72 Å². The van der Waals surface area contributed by atoms with Crippen LogP contribution in [0, 0.1) is 5.82 Å². The van der Waals surface area contributed by atoms with Crippen molar-refractivity contribution in [3.05, 3.63) is 89.7 Å². The van der Waals surface area contributed by atoms with Crippen LogP contribution in [0.1, 0.15) is 43.2 Å². The van der Waals surface area contributed by atoms with Crippen LogP contribution < -0.4 is 15.2 Å². The molecule has 0 aromatic heterocycles. The topological polar surface area (TPSA) is 120 Å². The van der Waals surface area contributed by atoms with Gasteiger partial charge in [-0.2, -0.15) is 0 Å². The van der Waals surface area contributed by atoms with Gasteiger partial charge in [0.05, 0.1) is 6.04 Å². The van der Waals surface area contributed by atoms with Gasteiger partial charge in [0.15, 0.2) is 0 Å². The third-order valence-corrected chi connectivity index (χ3v) is 7.72. The summed E-state index contributed by atoms with van der Waals surface area (Å²) in [5.41, 5.74) is 6.30. The largest absolute Gasteiger partial charge is 0.457 e. The summed E-state index contributed by atoms with van der Waals surface area (Å²) in [6, 6.07) is 19.1. The number of nitrogens with one attached hydrogen (secondary N) is 1. The van der Waals surface area contributed by atoms with Crippen molar-refractivity contribution in [2.24, 2.45) is 10.7 Å². The number of nitrogens with two attached hydrogens (primary N) is 1. The minimum absolute atomic E-state index is 0.185. The summed E-state index contributed by atoms with van der Waals surface area (Å²) in [5.74, 6) is -0.133. The number of primary amides is 1. The van der Waals surface area contributed by atoms with Gasteiger partial charge >= 0.3 is 6.09 Å². The van der Waals surface area contributed by atoms with Crippen LogP contribution in [-0.4, -0.2) is 26.1 Å². The fraction of sp³-hybridized carbons (Fsp3) is 0.231. The van der Waals surface area contributed by atoms with E-state index in [1.807, 2.05) is 6.07 Å². The third-order valence-electron chi connectivity index (χ3n) is 5.80. The number of ether oxygens (including phenoxy) is 2. The molecule has 3 aromatic carbocycles. The van der Waals surface area contributed by atoms with Gasteiger partial charge in [-0.3, -0.25) is 0 Å². The molecule has 1 saturated heterocycles. The molecule has 4 rings (SSSR count). The van der Waals surface area contributed by atoms with Crippen LogP contribution in [0.25, 0.3) is 11.1 Å². The first kappa shape index (κ1) is 25.2. The zero-order valence-electron chi connectivity index (χ0n) is 19.9. The summed E-state index contributed by atoms with van der Waals surface area (Å²) in [6.07, 6.45) is -0.911. The maximum absolute atomic E-state index is 14.1. The highest BCUT2D eigenvalue weighted by atomic mass is 32.2. The third kappa shape index (κ3) is 5.33. The molecular formula is C26H26FN3O5S. The highest BCUT2D eigenvalue weighted by molar-refractivity contribution is 7.90. The summed E-state index contributed by atoms with van der Waals surface area (Å²) in [5, 5.41) is -1.04. The van der Waals surface area contributed by atoms with Crippen LogP contribution in [0.4, 0.5) is 9.18 Å². The van der Waals surface area contributed by atoms with E-state index in [-0.39, 0.29) is 6.02 Å². The lowest BCUT2D eigenvalue weighted by molar-refractivity contribution is 0.0761. The number of sulfonamides is 1. The number of benzene rings is 3. The second kappa shape index (κ2) is 9.62. The number of nitrogens with zero attached hydrogens (tertiary/aromatic N) is 1. The molecule has 0 radical (unpaired) electrons. The smallest absolute Gasteiger partial charge is 0.409 e. The molecule has 3 N–H and O–H groups in total. The molecule has 36 heavy (non-hydrogen) atoms. The van der Waals surface area contributed by atoms with Crippen LogP contribution in [0.2, 0.25) is 0 Å². The van der Waals surface area contributed by atoms with Crippen LogP contribution in [0.15, 0.2) is 77.8 Å². The van der Waals surface area contributed by atoms with E-state index in [1.54, 1.807) is 81.4 Å². The predicted octanol–water partition coefficient (Wildman–Crippen LogP) is 4.84. The quantitative estimate of drug-likeness (QED) is 0.508. The monoisotopic (exact) mass is 511 g/mol. The Morgan fingerprint density at radius 1 is 1.08 bits per heavy atom. The van der Waals surface area contributed by atoms with E-state index in [0.29, 0.717) is 16.9 Å². The molecule has 0 aliphatic carbocycles. The Labute approximate surface area is 209 Å². The molecule has 0 unspecified atom stereocenters. The van der Waals surface area contributed by atoms with Gasteiger partial charge in [-0.1, -0.05) is 54.6 Å². The SMILES string of the molecule is C[C@H](N=C1NS(=O)(=O)[C@@H](c2ccc(-c3cccc(OC(N)=O)c3)cc2)C(C)(C)O1)c1ccccc1F. The number of amidine groups is 1. The molecule has 188 valence electrons. The highest BCUT2D eigenvalue weighted by Gasteiger charge is 2.48. The molecule has 1 aliphatic rings. The van der Waals surface area contributed by atoms with Crippen LogP contribution in [0.3, 0.4) is 0 Å². The standard InChI is InChI=1S/C26H26FN3O5S/c1-16(21-9-4-5-10-22(21)27)29-25-30-36(32,33)23(26(2,3)35-25)18-13-11-17(12-14-18)19-7-6-8-20(15-19)34-24(28)31/h4-16,23H,1-3H3,(H2,28,31)(H,29,30)/t16-,23-/m0/s1. The first-order chi connectivity index (χ1) is 17.0. The number of hydrogen-bond donors (Lipinski definition) is 2. The molecule has 3 aromatic rings. The molecule has 1 aliphatic heterocycles. The van der Waals surface area contributed by atoms with E-state index >= 15 is 0 Å². The van der Waals surface area contributed by atoms with Crippen molar-refractivity contribution in [2.75, 3.05) is 0 Å². The second-order valence-corrected chi connectivity index (χ2v) is 10.7. The summed E-state index contributed by atoms with van der Waals surface area (Å²) in [6.45, 7) is 4.99. The van der Waals surface area contributed by atoms with E-state index in [4.69, 9.17) is 15.2 Å². The van der Waals surface area contributed by atoms with Crippen LogP contribution in [0.5, 0.6) is 5.75 Å². The van der Waals surface area contributed by atoms with Gasteiger partial charge in [-0.25, -0.2) is 27.3 Å². The minimum atomic E-state index is -3.94. The number of carbonyl (C=O) groups is 1. The normalized spacial score (nSPS) is 20.1. The Bertz CT molecular complexity index is 1420. The number of aliphatic imine (C=N–C) groups is 1. The summed E-state index contributed by atoms with van der Waals surface area (Å²) < 4.78 is 54.0. The van der Waals surface area contributed by atoms with Gasteiger partial charge in [-0.15, -0.1) is 0 Å². The number of carbonyl (C=O) groups excluding carboxylic acids is 1. The van der Waals surface area contributed by atoms with Crippen molar-refractivity contribution < 1.29 is 27.1 Å². The van der Waals surface area contributed by atoms with Gasteiger partial charge in [0.25, 0.3) is 6.02 Å². The molecule has 1 fully saturated rings. The Morgan fingerprint density at radius 2 is 1.78 bits per heavy atom. The summed E-state index contributed by atoms with van der Waals surface area (Å²) >= 11 is 0. The molecule has 2 atom stereocenters. The zero-order valence-corrected chi connectivity index (χ0v) is 20.8. The van der Waals surface area contributed by atoms with Gasteiger partial charge in [-0.05, 0) is 55.7 Å². The van der Waals surface area contributed by atoms with E-state index in [1.165, 1.54) is 6.07 Å². The van der Waals surface area contributed by atoms with Gasteiger partial charge in [0.1, 0.15) is 22.4 Å². The predicted molar refractivity (Wildman–Crippen MR) is 134 cm³/mol. The van der Waals surface area contributed by atoms with Gasteiger partial charge < -0.3 is 15.2 Å². The van der Waals surface area contributed by atoms with Crippen molar-refractivity contribution in [1.29, 1.82) is 0 Å². The van der Waals surface area contributed by atoms with Gasteiger partial charge in [0.2, 0.25) is 10.0 Å². The average molecular weight is 512 g/mol. The molecule has 1 heterocycles. The van der Waals surface area contributed by atoms with E-state index in [0.717, 1.165) is 11.1 Å². The number of rotatable bonds is 5. The van der Waals surface area contributed by atoms with Crippen molar-refractivity contribution in [3.8, 4) is 16.9 Å². The number of amides is 1. The Morgan fingerprint density at radius 3 is 2.42 bits per heavy atom. The molecular weight excluding hydrogens is 485 g/mol. The number of hydrogen-bond acceptors (Lipinski definition) is 6. The fourth-order valence-electron chi connectivity index (χ4n) is 4.28. The van der Waals surface area contributed by atoms with Gasteiger partial charge in [0, 0.05) is 5.56 Å². The maximum Gasteiger partial charge on any atom is 0.409 e. The molecule has 0 bridgehead atoms. The van der Waals surface area contributed by atoms with Crippen molar-refractivity contribution >= 4 is 22.1 Å². The van der Waals surface area contributed by atoms with Crippen LogP contribution >= 0.6 is 0 Å².